The molecular weight excluding hydrogens is 248 g/mol. The molecule has 116 valence electrons. The van der Waals surface area contributed by atoms with Crippen molar-refractivity contribution in [3.05, 3.63) is 18.2 Å². The molecule has 0 spiro atoms. The first-order valence-electron chi connectivity index (χ1n) is 7.80. The fourth-order valence-corrected chi connectivity index (χ4v) is 2.62. The molecule has 0 saturated heterocycles. The van der Waals surface area contributed by atoms with Crippen LogP contribution in [-0.2, 0) is 13.6 Å². The van der Waals surface area contributed by atoms with Crippen LogP contribution in [0, 0.1) is 5.41 Å². The molecule has 20 heavy (non-hydrogen) atoms. The van der Waals surface area contributed by atoms with Crippen LogP contribution in [-0.4, -0.2) is 40.6 Å². The zero-order chi connectivity index (χ0) is 15.2. The summed E-state index contributed by atoms with van der Waals surface area (Å²) in [5.74, 6) is 1.13. The van der Waals surface area contributed by atoms with Gasteiger partial charge in [0.25, 0.3) is 0 Å². The number of aromatic nitrogens is 2. The van der Waals surface area contributed by atoms with Crippen molar-refractivity contribution < 1.29 is 0 Å². The van der Waals surface area contributed by atoms with Gasteiger partial charge in [-0.3, -0.25) is 4.90 Å². The zero-order valence-electron chi connectivity index (χ0n) is 14.1. The summed E-state index contributed by atoms with van der Waals surface area (Å²) in [5, 5.41) is 3.62. The molecule has 1 rings (SSSR count). The maximum absolute atomic E-state index is 4.42. The monoisotopic (exact) mass is 280 g/mol. The lowest BCUT2D eigenvalue weighted by atomic mass is 9.81. The third-order valence-corrected chi connectivity index (χ3v) is 4.32. The highest BCUT2D eigenvalue weighted by Crippen LogP contribution is 2.27. The molecule has 0 bridgehead atoms. The lowest BCUT2D eigenvalue weighted by Crippen LogP contribution is -2.44. The van der Waals surface area contributed by atoms with Gasteiger partial charge in [-0.1, -0.05) is 27.7 Å². The minimum atomic E-state index is 0.351. The summed E-state index contributed by atoms with van der Waals surface area (Å²) in [6.45, 7) is 12.1. The Morgan fingerprint density at radius 1 is 1.35 bits per heavy atom. The standard InChI is InChI=1S/C16H32N4/c1-7-16(8-2,12-18-14(3)4)13-19(5)11-15-17-9-10-20(15)6/h9-10,14,18H,7-8,11-13H2,1-6H3. The van der Waals surface area contributed by atoms with Crippen LogP contribution in [0.15, 0.2) is 12.4 Å². The first kappa shape index (κ1) is 17.2. The van der Waals surface area contributed by atoms with E-state index in [1.807, 2.05) is 12.4 Å². The second kappa shape index (κ2) is 7.79. The molecule has 4 heteroatoms. The van der Waals surface area contributed by atoms with E-state index in [0.717, 1.165) is 25.5 Å². The Labute approximate surface area is 124 Å². The van der Waals surface area contributed by atoms with Gasteiger partial charge in [0.05, 0.1) is 6.54 Å². The molecule has 0 aliphatic carbocycles. The summed E-state index contributed by atoms with van der Waals surface area (Å²) in [7, 11) is 4.26. The Balaban J connectivity index is 2.62. The highest BCUT2D eigenvalue weighted by molar-refractivity contribution is 4.92. The fraction of sp³-hybridized carbons (Fsp3) is 0.812. The molecule has 1 aromatic rings. The molecule has 0 aromatic carbocycles. The summed E-state index contributed by atoms with van der Waals surface area (Å²) >= 11 is 0. The fourth-order valence-electron chi connectivity index (χ4n) is 2.62. The third kappa shape index (κ3) is 4.91. The molecule has 0 aliphatic rings. The lowest BCUT2D eigenvalue weighted by Gasteiger charge is -2.36. The molecular formula is C16H32N4. The number of hydrogen-bond donors (Lipinski definition) is 1. The zero-order valence-corrected chi connectivity index (χ0v) is 14.1. The number of aryl methyl sites for hydroxylation is 1. The topological polar surface area (TPSA) is 33.1 Å². The van der Waals surface area contributed by atoms with Gasteiger partial charge in [-0.2, -0.15) is 0 Å². The van der Waals surface area contributed by atoms with Crippen molar-refractivity contribution in [2.45, 2.75) is 53.1 Å². The SMILES string of the molecule is CCC(CC)(CNC(C)C)CN(C)Cc1nccn1C. The molecule has 0 amide bonds. The van der Waals surface area contributed by atoms with Crippen LogP contribution in [0.1, 0.15) is 46.4 Å². The lowest BCUT2D eigenvalue weighted by molar-refractivity contribution is 0.145. The van der Waals surface area contributed by atoms with Gasteiger partial charge in [0.15, 0.2) is 0 Å². The smallest absolute Gasteiger partial charge is 0.122 e. The van der Waals surface area contributed by atoms with E-state index >= 15 is 0 Å². The summed E-state index contributed by atoms with van der Waals surface area (Å²) in [4.78, 5) is 6.82. The quantitative estimate of drug-likeness (QED) is 0.755. The van der Waals surface area contributed by atoms with Crippen LogP contribution in [0.4, 0.5) is 0 Å². The Morgan fingerprint density at radius 2 is 2.00 bits per heavy atom. The predicted molar refractivity (Wildman–Crippen MR) is 85.7 cm³/mol. The summed E-state index contributed by atoms with van der Waals surface area (Å²) in [6.07, 6.45) is 6.29. The molecule has 1 heterocycles. The Morgan fingerprint density at radius 3 is 2.45 bits per heavy atom. The highest BCUT2D eigenvalue weighted by atomic mass is 15.2. The van der Waals surface area contributed by atoms with Crippen LogP contribution in [0.25, 0.3) is 0 Å². The minimum Gasteiger partial charge on any atom is -0.337 e. The van der Waals surface area contributed by atoms with Gasteiger partial charge >= 0.3 is 0 Å². The minimum absolute atomic E-state index is 0.351. The number of nitrogens with zero attached hydrogens (tertiary/aromatic N) is 3. The Hall–Kier alpha value is -0.870. The maximum atomic E-state index is 4.42. The number of imidazole rings is 1. The van der Waals surface area contributed by atoms with E-state index in [9.17, 15) is 0 Å². The van der Waals surface area contributed by atoms with Crippen molar-refractivity contribution in [2.24, 2.45) is 12.5 Å². The predicted octanol–water partition coefficient (Wildman–Crippen LogP) is 2.66. The van der Waals surface area contributed by atoms with Gasteiger partial charge in [-0.05, 0) is 25.3 Å². The van der Waals surface area contributed by atoms with Crippen LogP contribution in [0.5, 0.6) is 0 Å². The van der Waals surface area contributed by atoms with E-state index in [2.05, 4.69) is 61.6 Å². The number of nitrogens with one attached hydrogen (secondary N) is 1. The van der Waals surface area contributed by atoms with Crippen molar-refractivity contribution in [2.75, 3.05) is 20.1 Å². The van der Waals surface area contributed by atoms with E-state index in [0.29, 0.717) is 11.5 Å². The normalized spacial score (nSPS) is 12.6. The summed E-state index contributed by atoms with van der Waals surface area (Å²) < 4.78 is 2.10. The van der Waals surface area contributed by atoms with E-state index in [-0.39, 0.29) is 0 Å². The second-order valence-electron chi connectivity index (χ2n) is 6.37. The van der Waals surface area contributed by atoms with Gasteiger partial charge in [-0.15, -0.1) is 0 Å². The largest absolute Gasteiger partial charge is 0.337 e. The van der Waals surface area contributed by atoms with Crippen molar-refractivity contribution in [1.82, 2.24) is 19.8 Å². The van der Waals surface area contributed by atoms with Gasteiger partial charge < -0.3 is 9.88 Å². The van der Waals surface area contributed by atoms with Crippen LogP contribution in [0.3, 0.4) is 0 Å². The molecule has 0 radical (unpaired) electrons. The van der Waals surface area contributed by atoms with E-state index in [1.165, 1.54) is 12.8 Å². The Kier molecular flexibility index (Phi) is 6.69. The average molecular weight is 280 g/mol. The summed E-state index contributed by atoms with van der Waals surface area (Å²) in [5.41, 5.74) is 0.351. The van der Waals surface area contributed by atoms with Crippen molar-refractivity contribution >= 4 is 0 Å². The van der Waals surface area contributed by atoms with Crippen LogP contribution < -0.4 is 5.32 Å². The number of rotatable bonds is 9. The number of hydrogen-bond acceptors (Lipinski definition) is 3. The van der Waals surface area contributed by atoms with Crippen molar-refractivity contribution in [3.8, 4) is 0 Å². The van der Waals surface area contributed by atoms with Gasteiger partial charge in [-0.25, -0.2) is 4.98 Å². The van der Waals surface area contributed by atoms with Crippen LogP contribution >= 0.6 is 0 Å². The molecule has 0 unspecified atom stereocenters. The van der Waals surface area contributed by atoms with Gasteiger partial charge in [0.1, 0.15) is 5.82 Å². The third-order valence-electron chi connectivity index (χ3n) is 4.32. The van der Waals surface area contributed by atoms with E-state index < -0.39 is 0 Å². The molecule has 0 fully saturated rings. The molecule has 4 nitrogen and oxygen atoms in total. The molecule has 0 atom stereocenters. The molecule has 0 saturated carbocycles. The van der Waals surface area contributed by atoms with E-state index in [4.69, 9.17) is 0 Å². The maximum Gasteiger partial charge on any atom is 0.122 e. The first-order chi connectivity index (χ1) is 9.42. The van der Waals surface area contributed by atoms with E-state index in [1.54, 1.807) is 0 Å². The highest BCUT2D eigenvalue weighted by Gasteiger charge is 2.28. The average Bonchev–Trinajstić information content (AvgIpc) is 2.80. The van der Waals surface area contributed by atoms with Crippen molar-refractivity contribution in [3.63, 3.8) is 0 Å². The van der Waals surface area contributed by atoms with Crippen molar-refractivity contribution in [1.29, 1.82) is 0 Å². The van der Waals surface area contributed by atoms with Crippen LogP contribution in [0.2, 0.25) is 0 Å². The van der Waals surface area contributed by atoms with Gasteiger partial charge in [0.2, 0.25) is 0 Å². The molecule has 0 aliphatic heterocycles. The second-order valence-corrected chi connectivity index (χ2v) is 6.37. The molecule has 1 aromatic heterocycles. The first-order valence-corrected chi connectivity index (χ1v) is 7.80. The summed E-state index contributed by atoms with van der Waals surface area (Å²) in [6, 6.07) is 0.548. The van der Waals surface area contributed by atoms with Gasteiger partial charge in [0, 0.05) is 38.6 Å². The molecule has 1 N–H and O–H groups in total. The Bertz CT molecular complexity index is 380.